The Morgan fingerprint density at radius 3 is 2.94 bits per heavy atom. The number of hydrogen-bond donors (Lipinski definition) is 1. The van der Waals surface area contributed by atoms with Crippen LogP contribution in [0, 0.1) is 0 Å². The maximum atomic E-state index is 5.77. The number of aromatic nitrogens is 2. The van der Waals surface area contributed by atoms with Crippen molar-refractivity contribution in [3.63, 3.8) is 0 Å². The number of nitrogens with zero attached hydrogens (tertiary/aromatic N) is 2. The van der Waals surface area contributed by atoms with E-state index in [1.807, 2.05) is 24.3 Å². The number of nitrogens with two attached hydrogens (primary N) is 1. The van der Waals surface area contributed by atoms with Crippen LogP contribution in [0.25, 0.3) is 10.9 Å². The highest BCUT2D eigenvalue weighted by Gasteiger charge is 2.09. The second-order valence-electron chi connectivity index (χ2n) is 3.75. The van der Waals surface area contributed by atoms with Gasteiger partial charge in [-0.1, -0.05) is 18.2 Å². The summed E-state index contributed by atoms with van der Waals surface area (Å²) in [6.45, 7) is 0.445. The molecule has 0 fully saturated rings. The summed E-state index contributed by atoms with van der Waals surface area (Å²) in [7, 11) is 0. The Kier molecular flexibility index (Phi) is 3.00. The van der Waals surface area contributed by atoms with Crippen LogP contribution >= 0.6 is 11.8 Å². The van der Waals surface area contributed by atoms with Crippen LogP contribution in [-0.4, -0.2) is 9.97 Å². The van der Waals surface area contributed by atoms with Gasteiger partial charge in [-0.3, -0.25) is 0 Å². The lowest BCUT2D eigenvalue weighted by Crippen LogP contribution is -2.00. The van der Waals surface area contributed by atoms with Gasteiger partial charge in [-0.2, -0.15) is 0 Å². The molecule has 3 rings (SSSR count). The van der Waals surface area contributed by atoms with E-state index in [0.29, 0.717) is 11.8 Å². The zero-order valence-corrected chi connectivity index (χ0v) is 10.4. The Morgan fingerprint density at radius 1 is 1.28 bits per heavy atom. The number of oxazole rings is 1. The minimum absolute atomic E-state index is 0.445. The van der Waals surface area contributed by atoms with Crippen LogP contribution in [0.4, 0.5) is 0 Å². The standard InChI is InChI=1S/C13H11N3OS/c14-8-10-7-9-3-1-2-4-11(9)16-12(10)18-13-15-5-6-17-13/h1-7H,8,14H2. The molecule has 3 aromatic rings. The number of benzene rings is 1. The lowest BCUT2D eigenvalue weighted by Gasteiger charge is -2.06. The third kappa shape index (κ3) is 2.10. The third-order valence-electron chi connectivity index (χ3n) is 2.58. The number of fused-ring (bicyclic) bond motifs is 1. The summed E-state index contributed by atoms with van der Waals surface area (Å²) in [4.78, 5) is 8.69. The number of para-hydroxylation sites is 1. The molecular weight excluding hydrogens is 246 g/mol. The number of rotatable bonds is 3. The highest BCUT2D eigenvalue weighted by molar-refractivity contribution is 7.99. The second-order valence-corrected chi connectivity index (χ2v) is 4.69. The van der Waals surface area contributed by atoms with Gasteiger partial charge in [0.1, 0.15) is 11.3 Å². The molecule has 0 bridgehead atoms. The molecule has 0 radical (unpaired) electrons. The van der Waals surface area contributed by atoms with E-state index in [2.05, 4.69) is 16.0 Å². The highest BCUT2D eigenvalue weighted by Crippen LogP contribution is 2.29. The van der Waals surface area contributed by atoms with Crippen molar-refractivity contribution in [2.75, 3.05) is 0 Å². The van der Waals surface area contributed by atoms with Gasteiger partial charge >= 0.3 is 0 Å². The van der Waals surface area contributed by atoms with Gasteiger partial charge in [-0.15, -0.1) is 0 Å². The monoisotopic (exact) mass is 257 g/mol. The van der Waals surface area contributed by atoms with Gasteiger partial charge in [-0.05, 0) is 29.5 Å². The zero-order chi connectivity index (χ0) is 12.4. The van der Waals surface area contributed by atoms with E-state index in [4.69, 9.17) is 10.2 Å². The van der Waals surface area contributed by atoms with Crippen molar-refractivity contribution in [2.45, 2.75) is 16.8 Å². The molecule has 0 saturated heterocycles. The van der Waals surface area contributed by atoms with Crippen LogP contribution < -0.4 is 5.73 Å². The molecule has 1 aromatic carbocycles. The van der Waals surface area contributed by atoms with Crippen LogP contribution in [0.5, 0.6) is 0 Å². The molecule has 0 aliphatic carbocycles. The maximum Gasteiger partial charge on any atom is 0.261 e. The van der Waals surface area contributed by atoms with E-state index in [-0.39, 0.29) is 0 Å². The van der Waals surface area contributed by atoms with Crippen molar-refractivity contribution < 1.29 is 4.42 Å². The van der Waals surface area contributed by atoms with E-state index in [1.165, 1.54) is 11.8 Å². The summed E-state index contributed by atoms with van der Waals surface area (Å²) in [5, 5.41) is 2.51. The Hall–Kier alpha value is -1.85. The minimum atomic E-state index is 0.445. The molecule has 4 nitrogen and oxygen atoms in total. The first-order valence-electron chi connectivity index (χ1n) is 5.53. The normalized spacial score (nSPS) is 10.9. The lowest BCUT2D eigenvalue weighted by molar-refractivity contribution is 0.454. The van der Waals surface area contributed by atoms with Gasteiger partial charge < -0.3 is 10.2 Å². The van der Waals surface area contributed by atoms with Crippen molar-refractivity contribution in [2.24, 2.45) is 5.73 Å². The van der Waals surface area contributed by atoms with Crippen molar-refractivity contribution in [1.82, 2.24) is 9.97 Å². The average Bonchev–Trinajstić information content (AvgIpc) is 2.91. The Labute approximate surface area is 108 Å². The molecule has 2 heterocycles. The van der Waals surface area contributed by atoms with E-state index in [9.17, 15) is 0 Å². The highest BCUT2D eigenvalue weighted by atomic mass is 32.2. The van der Waals surface area contributed by atoms with Gasteiger partial charge in [0.2, 0.25) is 0 Å². The third-order valence-corrected chi connectivity index (χ3v) is 3.50. The van der Waals surface area contributed by atoms with E-state index in [0.717, 1.165) is 21.5 Å². The Bertz CT molecular complexity index is 667. The van der Waals surface area contributed by atoms with Crippen molar-refractivity contribution >= 4 is 22.7 Å². The molecule has 0 saturated carbocycles. The molecule has 2 aromatic heterocycles. The van der Waals surface area contributed by atoms with Crippen molar-refractivity contribution in [1.29, 1.82) is 0 Å². The number of pyridine rings is 1. The Morgan fingerprint density at radius 2 is 2.17 bits per heavy atom. The molecule has 2 N–H and O–H groups in total. The fourth-order valence-electron chi connectivity index (χ4n) is 1.72. The molecule has 0 aliphatic rings. The summed E-state index contributed by atoms with van der Waals surface area (Å²) in [6.07, 6.45) is 3.16. The van der Waals surface area contributed by atoms with Crippen LogP contribution in [0.2, 0.25) is 0 Å². The Balaban J connectivity index is 2.09. The van der Waals surface area contributed by atoms with Crippen molar-refractivity contribution in [3.8, 4) is 0 Å². The van der Waals surface area contributed by atoms with Gasteiger partial charge in [0.25, 0.3) is 5.22 Å². The zero-order valence-electron chi connectivity index (χ0n) is 9.54. The van der Waals surface area contributed by atoms with E-state index >= 15 is 0 Å². The molecule has 18 heavy (non-hydrogen) atoms. The smallest absolute Gasteiger partial charge is 0.261 e. The van der Waals surface area contributed by atoms with Gasteiger partial charge in [0.05, 0.1) is 11.7 Å². The molecule has 0 unspecified atom stereocenters. The molecule has 5 heteroatoms. The fraction of sp³-hybridized carbons (Fsp3) is 0.0769. The average molecular weight is 257 g/mol. The maximum absolute atomic E-state index is 5.77. The van der Waals surface area contributed by atoms with Crippen LogP contribution in [-0.2, 0) is 6.54 Å². The molecule has 0 atom stereocenters. The van der Waals surface area contributed by atoms with Crippen LogP contribution in [0.15, 0.2) is 57.5 Å². The molecule has 0 spiro atoms. The molecular formula is C13H11N3OS. The molecule has 90 valence electrons. The predicted molar refractivity (Wildman–Crippen MR) is 70.3 cm³/mol. The van der Waals surface area contributed by atoms with Crippen molar-refractivity contribution in [3.05, 3.63) is 48.4 Å². The minimum Gasteiger partial charge on any atom is -0.440 e. The lowest BCUT2D eigenvalue weighted by atomic mass is 10.1. The quantitative estimate of drug-likeness (QED) is 0.781. The van der Waals surface area contributed by atoms with Gasteiger partial charge in [0.15, 0.2) is 0 Å². The summed E-state index contributed by atoms with van der Waals surface area (Å²) in [5.41, 5.74) is 7.71. The number of hydrogen-bond acceptors (Lipinski definition) is 5. The largest absolute Gasteiger partial charge is 0.440 e. The molecule has 0 aliphatic heterocycles. The first-order chi connectivity index (χ1) is 8.86. The van der Waals surface area contributed by atoms with E-state index < -0.39 is 0 Å². The molecule has 0 amide bonds. The summed E-state index contributed by atoms with van der Waals surface area (Å²) in [6, 6.07) is 10.0. The first kappa shape index (κ1) is 11.3. The predicted octanol–water partition coefficient (Wildman–Crippen LogP) is 2.83. The van der Waals surface area contributed by atoms with Crippen LogP contribution in [0.3, 0.4) is 0 Å². The SMILES string of the molecule is NCc1cc2ccccc2nc1Sc1ncco1. The summed E-state index contributed by atoms with van der Waals surface area (Å²) < 4.78 is 5.22. The van der Waals surface area contributed by atoms with Gasteiger partial charge in [0, 0.05) is 11.9 Å². The first-order valence-corrected chi connectivity index (χ1v) is 6.34. The van der Waals surface area contributed by atoms with Gasteiger partial charge in [-0.25, -0.2) is 9.97 Å². The summed E-state index contributed by atoms with van der Waals surface area (Å²) >= 11 is 1.39. The summed E-state index contributed by atoms with van der Waals surface area (Å²) in [5.74, 6) is 0. The van der Waals surface area contributed by atoms with E-state index in [1.54, 1.807) is 12.5 Å². The topological polar surface area (TPSA) is 64.9 Å². The fourth-order valence-corrected chi connectivity index (χ4v) is 2.52. The van der Waals surface area contributed by atoms with Crippen LogP contribution in [0.1, 0.15) is 5.56 Å². The second kappa shape index (κ2) is 4.80.